The molecule has 2 aromatic heterocycles. The molecule has 1 saturated heterocycles. The summed E-state index contributed by atoms with van der Waals surface area (Å²) in [6.07, 6.45) is 4.22. The Balaban J connectivity index is 2.06. The summed E-state index contributed by atoms with van der Waals surface area (Å²) in [7, 11) is 0. The van der Waals surface area contributed by atoms with E-state index in [4.69, 9.17) is 0 Å². The first kappa shape index (κ1) is 10.5. The minimum atomic E-state index is 0.136. The molecule has 0 bridgehead atoms. The highest BCUT2D eigenvalue weighted by Crippen LogP contribution is 2.30. The van der Waals surface area contributed by atoms with Gasteiger partial charge in [-0.05, 0) is 12.3 Å². The number of nitrogens with one attached hydrogen (secondary N) is 1. The van der Waals surface area contributed by atoms with E-state index >= 15 is 0 Å². The third-order valence-electron chi connectivity index (χ3n) is 3.54. The molecule has 2 N–H and O–H groups in total. The maximum Gasteiger partial charge on any atom is 0.182 e. The third-order valence-corrected chi connectivity index (χ3v) is 3.54. The van der Waals surface area contributed by atoms with E-state index in [-0.39, 0.29) is 12.6 Å². The summed E-state index contributed by atoms with van der Waals surface area (Å²) >= 11 is 0. The van der Waals surface area contributed by atoms with E-state index in [1.807, 2.05) is 0 Å². The number of anilines is 1. The van der Waals surface area contributed by atoms with Crippen molar-refractivity contribution < 1.29 is 5.11 Å². The molecule has 0 radical (unpaired) electrons. The van der Waals surface area contributed by atoms with Crippen LogP contribution in [0.4, 0.5) is 5.82 Å². The number of aromatic nitrogens is 4. The highest BCUT2D eigenvalue weighted by atomic mass is 16.3. The Morgan fingerprint density at radius 3 is 3.18 bits per heavy atom. The van der Waals surface area contributed by atoms with Crippen molar-refractivity contribution in [3.05, 3.63) is 12.7 Å². The first-order valence-electron chi connectivity index (χ1n) is 5.83. The number of hydrogen-bond acceptors (Lipinski definition) is 5. The molecule has 0 aliphatic carbocycles. The summed E-state index contributed by atoms with van der Waals surface area (Å²) in [6.45, 7) is 3.23. The number of fused-ring (bicyclic) bond motifs is 1. The number of H-pyrrole nitrogens is 1. The average molecular weight is 233 g/mol. The molecular weight excluding hydrogens is 218 g/mol. The molecule has 0 spiro atoms. The van der Waals surface area contributed by atoms with Crippen LogP contribution in [0.2, 0.25) is 0 Å². The second-order valence-electron chi connectivity index (χ2n) is 4.51. The number of rotatable bonds is 2. The highest BCUT2D eigenvalue weighted by Gasteiger charge is 2.32. The molecule has 1 fully saturated rings. The van der Waals surface area contributed by atoms with Crippen LogP contribution in [0.3, 0.4) is 0 Å². The Morgan fingerprint density at radius 2 is 2.35 bits per heavy atom. The molecule has 1 aliphatic rings. The van der Waals surface area contributed by atoms with Gasteiger partial charge < -0.3 is 15.0 Å². The zero-order valence-corrected chi connectivity index (χ0v) is 9.67. The molecule has 1 aliphatic heterocycles. The lowest BCUT2D eigenvalue weighted by Gasteiger charge is -2.26. The SMILES string of the molecule is CC1CCN(c2ncnc3nc[nH]c23)C1CO. The summed E-state index contributed by atoms with van der Waals surface area (Å²) in [5.41, 5.74) is 1.52. The number of hydrogen-bond donors (Lipinski definition) is 2. The maximum atomic E-state index is 9.48. The van der Waals surface area contributed by atoms with Crippen LogP contribution in [-0.4, -0.2) is 44.2 Å². The standard InChI is InChI=1S/C11H15N5O/c1-7-2-3-16(8(7)4-17)11-9-10(13-5-12-9)14-6-15-11/h5-8,17H,2-4H2,1H3,(H,12,13,14,15). The molecule has 90 valence electrons. The number of imidazole rings is 1. The first-order valence-corrected chi connectivity index (χ1v) is 5.83. The Morgan fingerprint density at radius 1 is 1.47 bits per heavy atom. The van der Waals surface area contributed by atoms with E-state index in [1.54, 1.807) is 6.33 Å². The largest absolute Gasteiger partial charge is 0.394 e. The molecular formula is C11H15N5O. The van der Waals surface area contributed by atoms with Crippen LogP contribution in [0.5, 0.6) is 0 Å². The van der Waals surface area contributed by atoms with Crippen LogP contribution in [0.15, 0.2) is 12.7 Å². The van der Waals surface area contributed by atoms with E-state index in [1.165, 1.54) is 6.33 Å². The van der Waals surface area contributed by atoms with E-state index in [0.29, 0.717) is 11.6 Å². The van der Waals surface area contributed by atoms with Gasteiger partial charge in [0.2, 0.25) is 0 Å². The van der Waals surface area contributed by atoms with E-state index in [9.17, 15) is 5.11 Å². The average Bonchev–Trinajstić information content (AvgIpc) is 2.94. The second kappa shape index (κ2) is 3.96. The predicted molar refractivity (Wildman–Crippen MR) is 63.7 cm³/mol. The number of aliphatic hydroxyl groups excluding tert-OH is 1. The van der Waals surface area contributed by atoms with E-state index in [0.717, 1.165) is 24.3 Å². The zero-order chi connectivity index (χ0) is 11.8. The van der Waals surface area contributed by atoms with Crippen LogP contribution < -0.4 is 4.90 Å². The predicted octanol–water partition coefficient (Wildman–Crippen LogP) is 0.560. The van der Waals surface area contributed by atoms with E-state index < -0.39 is 0 Å². The van der Waals surface area contributed by atoms with Gasteiger partial charge in [-0.25, -0.2) is 15.0 Å². The number of aromatic amines is 1. The summed E-state index contributed by atoms with van der Waals surface area (Å²) in [5, 5.41) is 9.48. The molecule has 2 unspecified atom stereocenters. The number of nitrogens with zero attached hydrogens (tertiary/aromatic N) is 4. The van der Waals surface area contributed by atoms with Crippen molar-refractivity contribution in [1.82, 2.24) is 19.9 Å². The van der Waals surface area contributed by atoms with Crippen molar-refractivity contribution in [3.8, 4) is 0 Å². The quantitative estimate of drug-likeness (QED) is 0.792. The van der Waals surface area contributed by atoms with Gasteiger partial charge in [-0.15, -0.1) is 0 Å². The minimum Gasteiger partial charge on any atom is -0.394 e. The Labute approximate surface area is 98.7 Å². The Bertz CT molecular complexity index is 525. The van der Waals surface area contributed by atoms with Crippen LogP contribution in [-0.2, 0) is 0 Å². The topological polar surface area (TPSA) is 77.9 Å². The summed E-state index contributed by atoms with van der Waals surface area (Å²) in [5.74, 6) is 1.32. The van der Waals surface area contributed by atoms with Gasteiger partial charge in [-0.3, -0.25) is 0 Å². The normalized spacial score (nSPS) is 24.7. The highest BCUT2D eigenvalue weighted by molar-refractivity contribution is 5.83. The molecule has 2 aromatic rings. The molecule has 0 saturated carbocycles. The van der Waals surface area contributed by atoms with Crippen LogP contribution >= 0.6 is 0 Å². The fraction of sp³-hybridized carbons (Fsp3) is 0.545. The van der Waals surface area contributed by atoms with Gasteiger partial charge in [0.1, 0.15) is 11.8 Å². The summed E-state index contributed by atoms with van der Waals surface area (Å²) in [4.78, 5) is 17.8. The van der Waals surface area contributed by atoms with Crippen molar-refractivity contribution in [2.24, 2.45) is 5.92 Å². The molecule has 3 rings (SSSR count). The second-order valence-corrected chi connectivity index (χ2v) is 4.51. The minimum absolute atomic E-state index is 0.136. The molecule has 0 amide bonds. The summed E-state index contributed by atoms with van der Waals surface area (Å²) < 4.78 is 0. The molecule has 17 heavy (non-hydrogen) atoms. The zero-order valence-electron chi connectivity index (χ0n) is 9.67. The number of aliphatic hydroxyl groups is 1. The van der Waals surface area contributed by atoms with Crippen molar-refractivity contribution >= 4 is 17.0 Å². The lowest BCUT2D eigenvalue weighted by Crippen LogP contribution is -2.35. The van der Waals surface area contributed by atoms with Crippen molar-refractivity contribution in [2.45, 2.75) is 19.4 Å². The molecule has 3 heterocycles. The van der Waals surface area contributed by atoms with Gasteiger partial charge in [0.15, 0.2) is 11.5 Å². The van der Waals surface area contributed by atoms with Crippen LogP contribution in [0.1, 0.15) is 13.3 Å². The van der Waals surface area contributed by atoms with Gasteiger partial charge in [0, 0.05) is 6.54 Å². The van der Waals surface area contributed by atoms with Crippen LogP contribution in [0.25, 0.3) is 11.2 Å². The van der Waals surface area contributed by atoms with Crippen LogP contribution in [0, 0.1) is 5.92 Å². The fourth-order valence-corrected chi connectivity index (χ4v) is 2.52. The third kappa shape index (κ3) is 1.56. The van der Waals surface area contributed by atoms with Gasteiger partial charge in [-0.2, -0.15) is 0 Å². The molecule has 6 heteroatoms. The summed E-state index contributed by atoms with van der Waals surface area (Å²) in [6, 6.07) is 0.136. The Kier molecular flexibility index (Phi) is 2.44. The molecule has 0 aromatic carbocycles. The first-order chi connectivity index (χ1) is 8.31. The van der Waals surface area contributed by atoms with Crippen molar-refractivity contribution in [3.63, 3.8) is 0 Å². The lowest BCUT2D eigenvalue weighted by molar-refractivity contribution is 0.244. The van der Waals surface area contributed by atoms with E-state index in [2.05, 4.69) is 31.8 Å². The smallest absolute Gasteiger partial charge is 0.182 e. The fourth-order valence-electron chi connectivity index (χ4n) is 2.52. The molecule has 6 nitrogen and oxygen atoms in total. The van der Waals surface area contributed by atoms with Gasteiger partial charge in [0.05, 0.1) is 19.0 Å². The van der Waals surface area contributed by atoms with Crippen molar-refractivity contribution in [1.29, 1.82) is 0 Å². The lowest BCUT2D eigenvalue weighted by atomic mass is 10.0. The van der Waals surface area contributed by atoms with Gasteiger partial charge in [-0.1, -0.05) is 6.92 Å². The monoisotopic (exact) mass is 233 g/mol. The van der Waals surface area contributed by atoms with Gasteiger partial charge in [0.25, 0.3) is 0 Å². The van der Waals surface area contributed by atoms with Gasteiger partial charge >= 0.3 is 0 Å². The maximum absolute atomic E-state index is 9.48. The Hall–Kier alpha value is -1.69. The molecule has 2 atom stereocenters. The van der Waals surface area contributed by atoms with Crippen molar-refractivity contribution in [2.75, 3.05) is 18.1 Å².